The first-order chi connectivity index (χ1) is 15.2. The molecule has 172 valence electrons. The number of nitrogens with zero attached hydrogens (tertiary/aromatic N) is 2. The summed E-state index contributed by atoms with van der Waals surface area (Å²) in [6.07, 6.45) is 1.96. The molecular formula is C23H29FN4O4. The molecule has 8 nitrogen and oxygen atoms in total. The van der Waals surface area contributed by atoms with Crippen LogP contribution in [-0.4, -0.2) is 52.6 Å². The molecule has 2 aromatic rings. The normalized spacial score (nSPS) is 14.4. The predicted molar refractivity (Wildman–Crippen MR) is 118 cm³/mol. The van der Waals surface area contributed by atoms with Gasteiger partial charge in [-0.3, -0.25) is 4.79 Å². The van der Waals surface area contributed by atoms with Crippen LogP contribution in [0, 0.1) is 11.2 Å². The lowest BCUT2D eigenvalue weighted by Crippen LogP contribution is -2.55. The molecule has 0 spiro atoms. The number of nitrogens with one attached hydrogen (secondary N) is 2. The molecule has 0 fully saturated rings. The first-order valence-electron chi connectivity index (χ1n) is 10.5. The zero-order chi connectivity index (χ0) is 23.5. The summed E-state index contributed by atoms with van der Waals surface area (Å²) >= 11 is 0. The van der Waals surface area contributed by atoms with Crippen molar-refractivity contribution in [2.24, 2.45) is 5.41 Å². The van der Waals surface area contributed by atoms with Gasteiger partial charge in [0, 0.05) is 23.2 Å². The number of aliphatic hydroxyl groups excluding tert-OH is 1. The Balaban J connectivity index is 1.97. The number of fused-ring (bicyclic) bond motifs is 1. The van der Waals surface area contributed by atoms with E-state index in [4.69, 9.17) is 9.84 Å². The number of halogens is 1. The topological polar surface area (TPSA) is 105 Å². The van der Waals surface area contributed by atoms with Gasteiger partial charge in [0.15, 0.2) is 0 Å². The van der Waals surface area contributed by atoms with Crippen LogP contribution in [0.15, 0.2) is 24.8 Å². The molecule has 0 aliphatic carbocycles. The molecule has 3 N–H and O–H groups in total. The molecular weight excluding hydrogens is 415 g/mol. The number of aromatic nitrogens is 2. The van der Waals surface area contributed by atoms with Gasteiger partial charge in [-0.1, -0.05) is 45.6 Å². The molecule has 0 radical (unpaired) electrons. The lowest BCUT2D eigenvalue weighted by molar-refractivity contribution is -0.125. The second-order valence-corrected chi connectivity index (χ2v) is 8.69. The highest BCUT2D eigenvalue weighted by Gasteiger charge is 2.34. The van der Waals surface area contributed by atoms with Crippen molar-refractivity contribution < 1.29 is 23.8 Å². The van der Waals surface area contributed by atoms with Crippen molar-refractivity contribution in [2.45, 2.75) is 39.8 Å². The number of rotatable bonds is 6. The van der Waals surface area contributed by atoms with Gasteiger partial charge in [0.1, 0.15) is 11.9 Å². The number of carbonyl (C=O) groups excluding carboxylic acids is 2. The summed E-state index contributed by atoms with van der Waals surface area (Å²) in [5.41, 5.74) is 2.22. The highest BCUT2D eigenvalue weighted by Crippen LogP contribution is 2.30. The van der Waals surface area contributed by atoms with Gasteiger partial charge in [0.2, 0.25) is 5.91 Å². The maximum atomic E-state index is 14.4. The Kier molecular flexibility index (Phi) is 7.10. The second-order valence-electron chi connectivity index (χ2n) is 8.69. The molecule has 0 saturated carbocycles. The molecule has 1 unspecified atom stereocenters. The average molecular weight is 445 g/mol. The van der Waals surface area contributed by atoms with Crippen molar-refractivity contribution in [1.82, 2.24) is 20.4 Å². The molecule has 1 atom stereocenters. The Hall–Kier alpha value is -3.04. The zero-order valence-electron chi connectivity index (χ0n) is 18.6. The van der Waals surface area contributed by atoms with Gasteiger partial charge >= 0.3 is 6.03 Å². The molecule has 3 rings (SSSR count). The first kappa shape index (κ1) is 23.6. The van der Waals surface area contributed by atoms with Crippen LogP contribution in [0.5, 0.6) is 0 Å². The zero-order valence-corrected chi connectivity index (χ0v) is 18.6. The van der Waals surface area contributed by atoms with E-state index < -0.39 is 29.2 Å². The van der Waals surface area contributed by atoms with Crippen molar-refractivity contribution in [3.05, 3.63) is 47.4 Å². The van der Waals surface area contributed by atoms with E-state index in [1.165, 1.54) is 16.8 Å². The summed E-state index contributed by atoms with van der Waals surface area (Å²) in [5, 5.41) is 18.8. The van der Waals surface area contributed by atoms with Gasteiger partial charge in [0.05, 0.1) is 31.2 Å². The van der Waals surface area contributed by atoms with Crippen LogP contribution >= 0.6 is 0 Å². The van der Waals surface area contributed by atoms with Gasteiger partial charge in [-0.2, -0.15) is 9.78 Å². The van der Waals surface area contributed by atoms with E-state index in [9.17, 15) is 14.0 Å². The summed E-state index contributed by atoms with van der Waals surface area (Å²) in [4.78, 5) is 25.8. The lowest BCUT2D eigenvalue weighted by atomic mass is 9.86. The monoisotopic (exact) mass is 444 g/mol. The van der Waals surface area contributed by atoms with Crippen molar-refractivity contribution in [3.8, 4) is 11.3 Å². The fraction of sp³-hybridized carbons (Fsp3) is 0.435. The summed E-state index contributed by atoms with van der Waals surface area (Å²) < 4.78 is 21.1. The molecule has 0 saturated heterocycles. The molecule has 1 aromatic carbocycles. The lowest BCUT2D eigenvalue weighted by Gasteiger charge is -2.30. The van der Waals surface area contributed by atoms with Gasteiger partial charge < -0.3 is 20.5 Å². The van der Waals surface area contributed by atoms with Crippen LogP contribution in [0.4, 0.5) is 9.18 Å². The minimum absolute atomic E-state index is 0.0860. The highest BCUT2D eigenvalue weighted by molar-refractivity contribution is 5.89. The van der Waals surface area contributed by atoms with E-state index in [0.29, 0.717) is 35.5 Å². The quantitative estimate of drug-likeness (QED) is 0.635. The van der Waals surface area contributed by atoms with Gasteiger partial charge in [-0.25, -0.2) is 9.18 Å². The van der Waals surface area contributed by atoms with E-state index in [1.54, 1.807) is 12.1 Å². The van der Waals surface area contributed by atoms with Crippen LogP contribution in [0.3, 0.4) is 0 Å². The third kappa shape index (κ3) is 4.89. The molecule has 2 amide bonds. The van der Waals surface area contributed by atoms with Crippen LogP contribution < -0.4 is 10.6 Å². The molecule has 2 heterocycles. The highest BCUT2D eigenvalue weighted by atomic mass is 19.1. The Morgan fingerprint density at radius 2 is 2.16 bits per heavy atom. The third-order valence-corrected chi connectivity index (χ3v) is 5.32. The molecule has 9 heteroatoms. The smallest absolute Gasteiger partial charge is 0.343 e. The number of hydrogen-bond donors (Lipinski definition) is 3. The van der Waals surface area contributed by atoms with E-state index in [0.717, 1.165) is 5.56 Å². The Labute approximate surface area is 186 Å². The largest absolute Gasteiger partial charge is 0.395 e. The van der Waals surface area contributed by atoms with Gasteiger partial charge in [-0.05, 0) is 17.9 Å². The summed E-state index contributed by atoms with van der Waals surface area (Å²) in [6.45, 7) is 9.61. The van der Waals surface area contributed by atoms with Crippen LogP contribution in [-0.2, 0) is 22.6 Å². The number of benzene rings is 1. The van der Waals surface area contributed by atoms with Crippen molar-refractivity contribution in [3.63, 3.8) is 0 Å². The first-order valence-corrected chi connectivity index (χ1v) is 10.5. The van der Waals surface area contributed by atoms with Crippen LogP contribution in [0.25, 0.3) is 17.3 Å². The van der Waals surface area contributed by atoms with E-state index >= 15 is 0 Å². The Morgan fingerprint density at radius 1 is 1.41 bits per heavy atom. The maximum absolute atomic E-state index is 14.4. The van der Waals surface area contributed by atoms with Crippen LogP contribution in [0.1, 0.15) is 37.6 Å². The molecule has 32 heavy (non-hydrogen) atoms. The molecule has 1 aromatic heterocycles. The number of carbonyl (C=O) groups is 2. The second kappa shape index (κ2) is 9.62. The molecule has 1 aliphatic heterocycles. The minimum atomic E-state index is -0.862. The number of aliphatic hydroxyl groups is 1. The van der Waals surface area contributed by atoms with Gasteiger partial charge in [-0.15, -0.1) is 0 Å². The predicted octanol–water partition coefficient (Wildman–Crippen LogP) is 2.49. The van der Waals surface area contributed by atoms with Crippen molar-refractivity contribution in [2.75, 3.05) is 19.8 Å². The minimum Gasteiger partial charge on any atom is -0.395 e. The standard InChI is InChI=1S/C23H29FN4O4/c1-5-14-6-7-15(12-17(14)24)19-16-8-11-32-13-18(16)28(27-19)22(31)26-20(23(2,3)4)21(30)25-9-10-29/h5-7,12,20,29H,1,8-11,13H2,2-4H3,(H,25,30)(H,26,31). The number of ether oxygens (including phenoxy) is 1. The number of hydrogen-bond acceptors (Lipinski definition) is 5. The molecule has 0 bridgehead atoms. The maximum Gasteiger partial charge on any atom is 0.343 e. The summed E-state index contributed by atoms with van der Waals surface area (Å²) in [5.74, 6) is -0.829. The van der Waals surface area contributed by atoms with Crippen LogP contribution in [0.2, 0.25) is 0 Å². The third-order valence-electron chi connectivity index (χ3n) is 5.32. The van der Waals surface area contributed by atoms with Crippen molar-refractivity contribution >= 4 is 18.0 Å². The van der Waals surface area contributed by atoms with E-state index in [2.05, 4.69) is 22.3 Å². The summed E-state index contributed by atoms with van der Waals surface area (Å²) in [6, 6.07) is 3.28. The number of amides is 2. The summed E-state index contributed by atoms with van der Waals surface area (Å²) in [7, 11) is 0. The fourth-order valence-electron chi connectivity index (χ4n) is 3.62. The van der Waals surface area contributed by atoms with E-state index in [-0.39, 0.29) is 19.8 Å². The molecule has 1 aliphatic rings. The Morgan fingerprint density at radius 3 is 2.78 bits per heavy atom. The SMILES string of the molecule is C=Cc1ccc(-c2nn(C(=O)NC(C(=O)NCCO)C(C)(C)C)c3c2CCOC3)cc1F. The van der Waals surface area contributed by atoms with E-state index in [1.807, 2.05) is 20.8 Å². The van der Waals surface area contributed by atoms with Crippen molar-refractivity contribution in [1.29, 1.82) is 0 Å². The van der Waals surface area contributed by atoms with Gasteiger partial charge in [0.25, 0.3) is 0 Å². The Bertz CT molecular complexity index is 1030. The average Bonchev–Trinajstić information content (AvgIpc) is 3.14. The fourth-order valence-corrected chi connectivity index (χ4v) is 3.62.